The summed E-state index contributed by atoms with van der Waals surface area (Å²) in [6.45, 7) is 4.95. The molecule has 9 heteroatoms. The van der Waals surface area contributed by atoms with Gasteiger partial charge in [0.05, 0.1) is 25.4 Å². The summed E-state index contributed by atoms with van der Waals surface area (Å²) in [5.41, 5.74) is 2.41. The van der Waals surface area contributed by atoms with Crippen LogP contribution in [0.4, 0.5) is 17.1 Å². The van der Waals surface area contributed by atoms with Crippen molar-refractivity contribution in [3.05, 3.63) is 48.5 Å². The summed E-state index contributed by atoms with van der Waals surface area (Å²) < 4.78 is 11.0. The molecular weight excluding hydrogens is 436 g/mol. The number of ether oxygens (including phenoxy) is 2. The summed E-state index contributed by atoms with van der Waals surface area (Å²) in [6.07, 6.45) is -0.506. The Balaban J connectivity index is 1.27. The quantitative estimate of drug-likeness (QED) is 0.672. The van der Waals surface area contributed by atoms with Crippen molar-refractivity contribution in [3.63, 3.8) is 0 Å². The van der Waals surface area contributed by atoms with Crippen molar-refractivity contribution in [2.75, 3.05) is 61.6 Å². The van der Waals surface area contributed by atoms with Crippen molar-refractivity contribution in [1.82, 2.24) is 4.90 Å². The smallest absolute Gasteiger partial charge is 0.267 e. The van der Waals surface area contributed by atoms with E-state index in [2.05, 4.69) is 10.2 Å². The van der Waals surface area contributed by atoms with E-state index in [1.54, 1.807) is 31.0 Å². The lowest BCUT2D eigenvalue weighted by molar-refractivity contribution is -0.133. The molecule has 3 amide bonds. The molecule has 1 atom stereocenters. The van der Waals surface area contributed by atoms with Crippen LogP contribution >= 0.6 is 0 Å². The third-order valence-corrected chi connectivity index (χ3v) is 5.96. The zero-order chi connectivity index (χ0) is 24.1. The van der Waals surface area contributed by atoms with Crippen LogP contribution in [0.5, 0.6) is 5.75 Å². The van der Waals surface area contributed by atoms with E-state index < -0.39 is 6.10 Å². The Labute approximate surface area is 199 Å². The SMILES string of the molecule is CC1Oc2ccccc2N(CCC(=O)N(C)CC(=O)Nc2ccc(N3CCOCC3)cc2)C1=O. The highest BCUT2D eigenvalue weighted by molar-refractivity contribution is 6.00. The normalized spacial score (nSPS) is 17.6. The van der Waals surface area contributed by atoms with E-state index in [1.807, 2.05) is 36.4 Å². The Hall–Kier alpha value is -3.59. The van der Waals surface area contributed by atoms with Crippen molar-refractivity contribution in [3.8, 4) is 5.75 Å². The maximum Gasteiger partial charge on any atom is 0.267 e. The topological polar surface area (TPSA) is 91.4 Å². The Morgan fingerprint density at radius 2 is 1.79 bits per heavy atom. The molecule has 180 valence electrons. The molecular formula is C25H30N4O5. The lowest BCUT2D eigenvalue weighted by Gasteiger charge is -2.33. The average Bonchev–Trinajstić information content (AvgIpc) is 2.85. The molecule has 0 spiro atoms. The summed E-state index contributed by atoms with van der Waals surface area (Å²) in [5.74, 6) is -0.0690. The number of fused-ring (bicyclic) bond motifs is 1. The molecule has 2 aromatic rings. The second kappa shape index (κ2) is 10.6. The van der Waals surface area contributed by atoms with Gasteiger partial charge in [-0.15, -0.1) is 0 Å². The second-order valence-corrected chi connectivity index (χ2v) is 8.41. The molecule has 0 bridgehead atoms. The zero-order valence-electron chi connectivity index (χ0n) is 19.5. The van der Waals surface area contributed by atoms with E-state index in [9.17, 15) is 14.4 Å². The van der Waals surface area contributed by atoms with Crippen LogP contribution in [-0.2, 0) is 19.1 Å². The third kappa shape index (κ3) is 5.48. The maximum atomic E-state index is 12.7. The maximum absolute atomic E-state index is 12.7. The third-order valence-electron chi connectivity index (χ3n) is 5.96. The molecule has 2 heterocycles. The molecule has 0 saturated carbocycles. The molecule has 1 N–H and O–H groups in total. The predicted octanol–water partition coefficient (Wildman–Crippen LogP) is 2.12. The number of benzene rings is 2. The van der Waals surface area contributed by atoms with Crippen molar-refractivity contribution >= 4 is 34.8 Å². The number of para-hydroxylation sites is 2. The first-order valence-corrected chi connectivity index (χ1v) is 11.5. The number of hydrogen-bond acceptors (Lipinski definition) is 6. The number of carbonyl (C=O) groups excluding carboxylic acids is 3. The summed E-state index contributed by atoms with van der Waals surface area (Å²) in [7, 11) is 1.58. The van der Waals surface area contributed by atoms with Crippen LogP contribution in [0.1, 0.15) is 13.3 Å². The van der Waals surface area contributed by atoms with Crippen molar-refractivity contribution < 1.29 is 23.9 Å². The minimum absolute atomic E-state index is 0.0753. The van der Waals surface area contributed by atoms with Gasteiger partial charge in [-0.3, -0.25) is 14.4 Å². The minimum atomic E-state index is -0.608. The number of amides is 3. The zero-order valence-corrected chi connectivity index (χ0v) is 19.5. The average molecular weight is 467 g/mol. The van der Waals surface area contributed by atoms with Gasteiger partial charge in [-0.05, 0) is 43.3 Å². The number of morpholine rings is 1. The van der Waals surface area contributed by atoms with E-state index in [-0.39, 0.29) is 37.2 Å². The molecule has 4 rings (SSSR count). The highest BCUT2D eigenvalue weighted by atomic mass is 16.5. The van der Waals surface area contributed by atoms with E-state index >= 15 is 0 Å². The minimum Gasteiger partial charge on any atom is -0.479 e. The van der Waals surface area contributed by atoms with Crippen molar-refractivity contribution in [2.45, 2.75) is 19.4 Å². The number of carbonyl (C=O) groups is 3. The monoisotopic (exact) mass is 466 g/mol. The van der Waals surface area contributed by atoms with E-state index in [0.717, 1.165) is 18.8 Å². The molecule has 2 aliphatic rings. The molecule has 0 radical (unpaired) electrons. The molecule has 0 aromatic heterocycles. The largest absolute Gasteiger partial charge is 0.479 e. The van der Waals surface area contributed by atoms with Crippen LogP contribution in [0.2, 0.25) is 0 Å². The van der Waals surface area contributed by atoms with Crippen LogP contribution < -0.4 is 19.9 Å². The summed E-state index contributed by atoms with van der Waals surface area (Å²) in [5, 5.41) is 2.83. The van der Waals surface area contributed by atoms with Crippen molar-refractivity contribution in [1.29, 1.82) is 0 Å². The number of rotatable bonds is 7. The van der Waals surface area contributed by atoms with Crippen LogP contribution in [0.15, 0.2) is 48.5 Å². The van der Waals surface area contributed by atoms with Crippen LogP contribution in [0.25, 0.3) is 0 Å². The fourth-order valence-electron chi connectivity index (χ4n) is 4.07. The molecule has 2 aliphatic heterocycles. The molecule has 2 aromatic carbocycles. The van der Waals surface area contributed by atoms with Gasteiger partial charge in [-0.2, -0.15) is 0 Å². The molecule has 0 aliphatic carbocycles. The van der Waals surface area contributed by atoms with Gasteiger partial charge in [-0.25, -0.2) is 0 Å². The molecule has 1 fully saturated rings. The van der Waals surface area contributed by atoms with Gasteiger partial charge < -0.3 is 29.5 Å². The summed E-state index contributed by atoms with van der Waals surface area (Å²) in [6, 6.07) is 14.9. The number of likely N-dealkylation sites (N-methyl/N-ethyl adjacent to an activating group) is 1. The van der Waals surface area contributed by atoms with Gasteiger partial charge in [-0.1, -0.05) is 12.1 Å². The van der Waals surface area contributed by atoms with Crippen molar-refractivity contribution in [2.24, 2.45) is 0 Å². The molecule has 1 unspecified atom stereocenters. The Morgan fingerprint density at radius 1 is 1.09 bits per heavy atom. The molecule has 9 nitrogen and oxygen atoms in total. The molecule has 1 saturated heterocycles. The van der Waals surface area contributed by atoms with Gasteiger partial charge in [0.1, 0.15) is 5.75 Å². The highest BCUT2D eigenvalue weighted by Gasteiger charge is 2.31. The lowest BCUT2D eigenvalue weighted by Crippen LogP contribution is -2.46. The van der Waals surface area contributed by atoms with Crippen LogP contribution in [0, 0.1) is 0 Å². The predicted molar refractivity (Wildman–Crippen MR) is 129 cm³/mol. The van der Waals surface area contributed by atoms with E-state index in [0.29, 0.717) is 30.3 Å². The van der Waals surface area contributed by atoms with Crippen LogP contribution in [-0.4, -0.2) is 75.2 Å². The van der Waals surface area contributed by atoms with Gasteiger partial charge in [0.25, 0.3) is 5.91 Å². The fraction of sp³-hybridized carbons (Fsp3) is 0.400. The Bertz CT molecular complexity index is 1040. The Morgan fingerprint density at radius 3 is 2.53 bits per heavy atom. The second-order valence-electron chi connectivity index (χ2n) is 8.41. The first kappa shape index (κ1) is 23.6. The Kier molecular flexibility index (Phi) is 7.32. The number of nitrogens with zero attached hydrogens (tertiary/aromatic N) is 3. The first-order chi connectivity index (χ1) is 16.4. The van der Waals surface area contributed by atoms with Gasteiger partial charge in [0.2, 0.25) is 11.8 Å². The van der Waals surface area contributed by atoms with Crippen LogP contribution in [0.3, 0.4) is 0 Å². The number of nitrogens with one attached hydrogen (secondary N) is 1. The fourth-order valence-corrected chi connectivity index (χ4v) is 4.07. The number of hydrogen-bond donors (Lipinski definition) is 1. The summed E-state index contributed by atoms with van der Waals surface area (Å²) in [4.78, 5) is 42.9. The number of anilines is 3. The standard InChI is InChI=1S/C25H30N4O5/c1-18-25(32)29(21-5-3-4-6-22(21)34-18)12-11-24(31)27(2)17-23(30)26-19-7-9-20(10-8-19)28-13-15-33-16-14-28/h3-10,18H,11-17H2,1-2H3,(H,26,30). The van der Waals surface area contributed by atoms with E-state index in [4.69, 9.17) is 9.47 Å². The lowest BCUT2D eigenvalue weighted by atomic mass is 10.1. The van der Waals surface area contributed by atoms with Gasteiger partial charge >= 0.3 is 0 Å². The first-order valence-electron chi connectivity index (χ1n) is 11.5. The summed E-state index contributed by atoms with van der Waals surface area (Å²) >= 11 is 0. The highest BCUT2D eigenvalue weighted by Crippen LogP contribution is 2.33. The molecule has 34 heavy (non-hydrogen) atoms. The van der Waals surface area contributed by atoms with E-state index in [1.165, 1.54) is 4.90 Å². The van der Waals surface area contributed by atoms with Gasteiger partial charge in [0.15, 0.2) is 6.10 Å². The van der Waals surface area contributed by atoms with Gasteiger partial charge in [0, 0.05) is 44.5 Å².